The fourth-order valence-electron chi connectivity index (χ4n) is 2.10. The van der Waals surface area contributed by atoms with Crippen LogP contribution in [0.2, 0.25) is 0 Å². The summed E-state index contributed by atoms with van der Waals surface area (Å²) < 4.78 is 18.9. The van der Waals surface area contributed by atoms with E-state index in [1.54, 1.807) is 6.07 Å². The molecule has 2 aromatic rings. The monoisotopic (exact) mass is 286 g/mol. The molecule has 0 saturated carbocycles. The zero-order valence-corrected chi connectivity index (χ0v) is 11.8. The number of hydrogen-bond acceptors (Lipinski definition) is 2. The maximum atomic E-state index is 13.4. The van der Waals surface area contributed by atoms with Gasteiger partial charge < -0.3 is 10.5 Å². The first-order chi connectivity index (χ1) is 10.1. The highest BCUT2D eigenvalue weighted by atomic mass is 19.1. The van der Waals surface area contributed by atoms with Gasteiger partial charge >= 0.3 is 0 Å². The van der Waals surface area contributed by atoms with Crippen LogP contribution in [0, 0.1) is 11.2 Å². The molecule has 0 atom stereocenters. The largest absolute Gasteiger partial charge is 0.384 e. The zero-order chi connectivity index (χ0) is 15.1. The molecular weight excluding hydrogens is 267 g/mol. The van der Waals surface area contributed by atoms with Crippen LogP contribution < -0.4 is 5.73 Å². The number of nitrogens with one attached hydrogen (secondary N) is 1. The Balaban J connectivity index is 1.77. The minimum absolute atomic E-state index is 0.139. The van der Waals surface area contributed by atoms with Gasteiger partial charge in [0.1, 0.15) is 11.7 Å². The van der Waals surface area contributed by atoms with Crippen molar-refractivity contribution in [3.63, 3.8) is 0 Å². The molecule has 2 rings (SSSR count). The number of benzene rings is 2. The standard InChI is InChI=1S/C17H19FN2O/c18-16-10-14(9-15(11-16)17(19)20)12-21-8-4-7-13-5-2-1-3-6-13/h1-3,5-6,9-11H,4,7-8,12H2,(H3,19,20). The number of rotatable bonds is 7. The SMILES string of the molecule is N=C(N)c1cc(F)cc(COCCCc2ccccc2)c1. The van der Waals surface area contributed by atoms with E-state index in [0.29, 0.717) is 24.3 Å². The van der Waals surface area contributed by atoms with E-state index in [4.69, 9.17) is 15.9 Å². The molecule has 0 amide bonds. The van der Waals surface area contributed by atoms with E-state index >= 15 is 0 Å². The Hall–Kier alpha value is -2.20. The number of aryl methyl sites for hydroxylation is 1. The molecule has 110 valence electrons. The van der Waals surface area contributed by atoms with Crippen LogP contribution in [0.15, 0.2) is 48.5 Å². The predicted octanol–water partition coefficient (Wildman–Crippen LogP) is 3.26. The summed E-state index contributed by atoms with van der Waals surface area (Å²) in [5.74, 6) is -0.537. The quantitative estimate of drug-likeness (QED) is 0.466. The van der Waals surface area contributed by atoms with Crippen LogP contribution in [0.3, 0.4) is 0 Å². The first kappa shape index (κ1) is 15.2. The molecule has 0 fully saturated rings. The minimum Gasteiger partial charge on any atom is -0.384 e. The highest BCUT2D eigenvalue weighted by molar-refractivity contribution is 5.95. The lowest BCUT2D eigenvalue weighted by atomic mass is 10.1. The highest BCUT2D eigenvalue weighted by Crippen LogP contribution is 2.10. The van der Waals surface area contributed by atoms with Gasteiger partial charge in [0.2, 0.25) is 0 Å². The van der Waals surface area contributed by atoms with E-state index < -0.39 is 5.82 Å². The van der Waals surface area contributed by atoms with Gasteiger partial charge in [0.15, 0.2) is 0 Å². The van der Waals surface area contributed by atoms with Crippen LogP contribution in [-0.4, -0.2) is 12.4 Å². The number of hydrogen-bond donors (Lipinski definition) is 2. The molecule has 0 spiro atoms. The number of nitrogens with two attached hydrogens (primary N) is 1. The summed E-state index contributed by atoms with van der Waals surface area (Å²) in [7, 11) is 0. The highest BCUT2D eigenvalue weighted by Gasteiger charge is 2.03. The molecule has 0 unspecified atom stereocenters. The average Bonchev–Trinajstić information content (AvgIpc) is 2.47. The van der Waals surface area contributed by atoms with Crippen LogP contribution in [-0.2, 0) is 17.8 Å². The third-order valence-electron chi connectivity index (χ3n) is 3.13. The number of ether oxygens (including phenoxy) is 1. The fourth-order valence-corrected chi connectivity index (χ4v) is 2.10. The van der Waals surface area contributed by atoms with E-state index in [2.05, 4.69) is 12.1 Å². The topological polar surface area (TPSA) is 59.1 Å². The summed E-state index contributed by atoms with van der Waals surface area (Å²) in [6.45, 7) is 0.938. The zero-order valence-electron chi connectivity index (χ0n) is 11.8. The van der Waals surface area contributed by atoms with Crippen LogP contribution in [0.4, 0.5) is 4.39 Å². The third-order valence-corrected chi connectivity index (χ3v) is 3.13. The van der Waals surface area contributed by atoms with Crippen LogP contribution in [0.5, 0.6) is 0 Å². The van der Waals surface area contributed by atoms with Gasteiger partial charge in [0, 0.05) is 12.2 Å². The van der Waals surface area contributed by atoms with Gasteiger partial charge in [-0.25, -0.2) is 4.39 Å². The lowest BCUT2D eigenvalue weighted by Gasteiger charge is -2.07. The van der Waals surface area contributed by atoms with Crippen molar-refractivity contribution in [2.45, 2.75) is 19.4 Å². The van der Waals surface area contributed by atoms with Crippen molar-refractivity contribution in [3.8, 4) is 0 Å². The minimum atomic E-state index is -0.398. The second-order valence-electron chi connectivity index (χ2n) is 4.90. The molecule has 0 aliphatic rings. The summed E-state index contributed by atoms with van der Waals surface area (Å²) in [4.78, 5) is 0. The van der Waals surface area contributed by atoms with Gasteiger partial charge in [-0.1, -0.05) is 30.3 Å². The van der Waals surface area contributed by atoms with E-state index in [1.807, 2.05) is 18.2 Å². The molecular formula is C17H19FN2O. The molecule has 2 aromatic carbocycles. The third kappa shape index (κ3) is 5.00. The Kier molecular flexibility index (Phi) is 5.46. The Labute approximate surface area is 124 Å². The Morgan fingerprint density at radius 3 is 2.57 bits per heavy atom. The molecule has 21 heavy (non-hydrogen) atoms. The molecule has 0 heterocycles. The van der Waals surface area contributed by atoms with Crippen molar-refractivity contribution in [2.24, 2.45) is 5.73 Å². The van der Waals surface area contributed by atoms with E-state index in [9.17, 15) is 4.39 Å². The Bertz CT molecular complexity index is 599. The lowest BCUT2D eigenvalue weighted by Crippen LogP contribution is -2.12. The van der Waals surface area contributed by atoms with Gasteiger partial charge in [-0.05, 0) is 42.2 Å². The molecule has 0 aliphatic carbocycles. The van der Waals surface area contributed by atoms with E-state index in [0.717, 1.165) is 12.8 Å². The van der Waals surface area contributed by atoms with Crippen molar-refractivity contribution in [1.82, 2.24) is 0 Å². The van der Waals surface area contributed by atoms with Crippen molar-refractivity contribution >= 4 is 5.84 Å². The molecule has 4 heteroatoms. The molecule has 0 aliphatic heterocycles. The molecule has 3 N–H and O–H groups in total. The number of nitrogen functional groups attached to an aromatic ring is 1. The van der Waals surface area contributed by atoms with Gasteiger partial charge in [-0.15, -0.1) is 0 Å². The first-order valence-corrected chi connectivity index (χ1v) is 6.90. The number of amidine groups is 1. The molecule has 0 bridgehead atoms. The van der Waals surface area contributed by atoms with Gasteiger partial charge in [0.25, 0.3) is 0 Å². The summed E-state index contributed by atoms with van der Waals surface area (Å²) in [5, 5.41) is 7.34. The Morgan fingerprint density at radius 1 is 1.10 bits per heavy atom. The maximum Gasteiger partial charge on any atom is 0.124 e. The summed E-state index contributed by atoms with van der Waals surface area (Å²) in [6, 6.07) is 14.6. The molecule has 3 nitrogen and oxygen atoms in total. The van der Waals surface area contributed by atoms with Crippen LogP contribution in [0.25, 0.3) is 0 Å². The Morgan fingerprint density at radius 2 is 1.86 bits per heavy atom. The van der Waals surface area contributed by atoms with E-state index in [1.165, 1.54) is 17.7 Å². The summed E-state index contributed by atoms with van der Waals surface area (Å²) in [6.07, 6.45) is 1.88. The van der Waals surface area contributed by atoms with Crippen molar-refractivity contribution in [1.29, 1.82) is 5.41 Å². The normalized spacial score (nSPS) is 10.5. The van der Waals surface area contributed by atoms with Crippen molar-refractivity contribution in [3.05, 3.63) is 71.0 Å². The molecule has 0 radical (unpaired) electrons. The van der Waals surface area contributed by atoms with Gasteiger partial charge in [-0.2, -0.15) is 0 Å². The first-order valence-electron chi connectivity index (χ1n) is 6.90. The summed E-state index contributed by atoms with van der Waals surface area (Å²) in [5.41, 5.74) is 7.73. The van der Waals surface area contributed by atoms with Crippen molar-refractivity contribution in [2.75, 3.05) is 6.61 Å². The molecule has 0 saturated heterocycles. The summed E-state index contributed by atoms with van der Waals surface area (Å²) >= 11 is 0. The average molecular weight is 286 g/mol. The van der Waals surface area contributed by atoms with Gasteiger partial charge in [0.05, 0.1) is 6.61 Å². The molecule has 0 aromatic heterocycles. The van der Waals surface area contributed by atoms with Crippen molar-refractivity contribution < 1.29 is 9.13 Å². The second-order valence-corrected chi connectivity index (χ2v) is 4.90. The van der Waals surface area contributed by atoms with Crippen LogP contribution >= 0.6 is 0 Å². The lowest BCUT2D eigenvalue weighted by molar-refractivity contribution is 0.118. The number of halogens is 1. The van der Waals surface area contributed by atoms with E-state index in [-0.39, 0.29) is 5.84 Å². The van der Waals surface area contributed by atoms with Gasteiger partial charge in [-0.3, -0.25) is 5.41 Å². The smallest absolute Gasteiger partial charge is 0.124 e. The predicted molar refractivity (Wildman–Crippen MR) is 81.8 cm³/mol. The fraction of sp³-hybridized carbons (Fsp3) is 0.235. The second kappa shape index (κ2) is 7.55. The van der Waals surface area contributed by atoms with Crippen LogP contribution in [0.1, 0.15) is 23.1 Å². The maximum absolute atomic E-state index is 13.4.